The Labute approximate surface area is 127 Å². The van der Waals surface area contributed by atoms with Crippen molar-refractivity contribution in [3.8, 4) is 0 Å². The number of nitrogens with one attached hydrogen (secondary N) is 2. The number of benzene rings is 1. The molecule has 0 aliphatic rings. The van der Waals surface area contributed by atoms with Crippen LogP contribution in [0.5, 0.6) is 0 Å². The van der Waals surface area contributed by atoms with Crippen LogP contribution in [0.3, 0.4) is 0 Å². The van der Waals surface area contributed by atoms with Crippen LogP contribution >= 0.6 is 0 Å². The van der Waals surface area contributed by atoms with Gasteiger partial charge in [0.05, 0.1) is 18.4 Å². The van der Waals surface area contributed by atoms with Gasteiger partial charge >= 0.3 is 0 Å². The average Bonchev–Trinajstić information content (AvgIpc) is 3.08. The molecule has 0 aliphatic carbocycles. The minimum atomic E-state index is -0.246. The number of amides is 1. The molecule has 0 atom stereocenters. The van der Waals surface area contributed by atoms with E-state index in [1.807, 2.05) is 42.5 Å². The standard InChI is InChI=1S/C16H14N4O2/c21-15(20-13-5-2-1-3-6-13)12-9-17-16(18-10-12)19-11-14-7-4-8-22-14/h1-10H,11H2,(H,20,21)(H,17,18,19). The van der Waals surface area contributed by atoms with Gasteiger partial charge in [-0.1, -0.05) is 18.2 Å². The molecule has 22 heavy (non-hydrogen) atoms. The zero-order valence-corrected chi connectivity index (χ0v) is 11.7. The fourth-order valence-corrected chi connectivity index (χ4v) is 1.84. The van der Waals surface area contributed by atoms with E-state index < -0.39 is 0 Å². The number of para-hydroxylation sites is 1. The number of anilines is 2. The Kier molecular flexibility index (Phi) is 4.10. The van der Waals surface area contributed by atoms with Crippen molar-refractivity contribution in [2.24, 2.45) is 0 Å². The van der Waals surface area contributed by atoms with Crippen LogP contribution in [-0.4, -0.2) is 15.9 Å². The Hall–Kier alpha value is -3.15. The largest absolute Gasteiger partial charge is 0.467 e. The first kappa shape index (κ1) is 13.8. The van der Waals surface area contributed by atoms with Gasteiger partial charge in [0.15, 0.2) is 0 Å². The predicted molar refractivity (Wildman–Crippen MR) is 82.5 cm³/mol. The molecule has 0 spiro atoms. The first-order chi connectivity index (χ1) is 10.8. The summed E-state index contributed by atoms with van der Waals surface area (Å²) in [6.07, 6.45) is 4.57. The van der Waals surface area contributed by atoms with Crippen LogP contribution in [0.15, 0.2) is 65.5 Å². The van der Waals surface area contributed by atoms with E-state index in [1.165, 1.54) is 12.4 Å². The number of aromatic nitrogens is 2. The molecule has 0 saturated heterocycles. The molecule has 1 aromatic carbocycles. The van der Waals surface area contributed by atoms with E-state index in [9.17, 15) is 4.79 Å². The lowest BCUT2D eigenvalue weighted by Gasteiger charge is -2.06. The minimum Gasteiger partial charge on any atom is -0.467 e. The summed E-state index contributed by atoms with van der Waals surface area (Å²) < 4.78 is 5.20. The molecular formula is C16H14N4O2. The summed E-state index contributed by atoms with van der Waals surface area (Å²) in [5, 5.41) is 5.79. The van der Waals surface area contributed by atoms with Crippen molar-refractivity contribution in [2.75, 3.05) is 10.6 Å². The highest BCUT2D eigenvalue weighted by atomic mass is 16.3. The molecule has 0 aliphatic heterocycles. The van der Waals surface area contributed by atoms with Crippen molar-refractivity contribution < 1.29 is 9.21 Å². The van der Waals surface area contributed by atoms with Gasteiger partial charge < -0.3 is 15.1 Å². The Balaban J connectivity index is 1.60. The van der Waals surface area contributed by atoms with Crippen LogP contribution in [-0.2, 0) is 6.54 Å². The third-order valence-electron chi connectivity index (χ3n) is 2.95. The van der Waals surface area contributed by atoms with Crippen LogP contribution in [0, 0.1) is 0 Å². The molecule has 0 radical (unpaired) electrons. The van der Waals surface area contributed by atoms with Gasteiger partial charge in [-0.2, -0.15) is 0 Å². The molecule has 110 valence electrons. The molecule has 0 bridgehead atoms. The molecule has 0 fully saturated rings. The van der Waals surface area contributed by atoms with Gasteiger partial charge in [-0.25, -0.2) is 9.97 Å². The maximum atomic E-state index is 12.0. The van der Waals surface area contributed by atoms with Crippen LogP contribution in [0.4, 0.5) is 11.6 Å². The molecule has 2 heterocycles. The maximum Gasteiger partial charge on any atom is 0.258 e. The number of carbonyl (C=O) groups excluding carboxylic acids is 1. The van der Waals surface area contributed by atoms with Crippen LogP contribution in [0.25, 0.3) is 0 Å². The zero-order valence-electron chi connectivity index (χ0n) is 11.7. The third kappa shape index (κ3) is 3.49. The summed E-state index contributed by atoms with van der Waals surface area (Å²) in [6, 6.07) is 12.9. The Morgan fingerprint density at radius 3 is 2.50 bits per heavy atom. The smallest absolute Gasteiger partial charge is 0.258 e. The number of nitrogens with zero attached hydrogens (tertiary/aromatic N) is 2. The number of carbonyl (C=O) groups is 1. The van der Waals surface area contributed by atoms with Crippen molar-refractivity contribution in [2.45, 2.75) is 6.54 Å². The van der Waals surface area contributed by atoms with Crippen molar-refractivity contribution in [3.63, 3.8) is 0 Å². The lowest BCUT2D eigenvalue weighted by Crippen LogP contribution is -2.13. The van der Waals surface area contributed by atoms with Gasteiger partial charge in [0.1, 0.15) is 5.76 Å². The molecule has 2 N–H and O–H groups in total. The van der Waals surface area contributed by atoms with E-state index in [-0.39, 0.29) is 5.91 Å². The monoisotopic (exact) mass is 294 g/mol. The first-order valence-corrected chi connectivity index (χ1v) is 6.76. The molecule has 6 heteroatoms. The second-order valence-corrected chi connectivity index (χ2v) is 4.55. The number of furan rings is 1. The molecule has 1 amide bonds. The summed E-state index contributed by atoms with van der Waals surface area (Å²) >= 11 is 0. The highest BCUT2D eigenvalue weighted by Gasteiger charge is 2.07. The van der Waals surface area contributed by atoms with E-state index in [0.717, 1.165) is 11.4 Å². The van der Waals surface area contributed by atoms with Crippen molar-refractivity contribution in [1.82, 2.24) is 9.97 Å². The van der Waals surface area contributed by atoms with Crippen LogP contribution < -0.4 is 10.6 Å². The van der Waals surface area contributed by atoms with Gasteiger partial charge in [-0.05, 0) is 24.3 Å². The second kappa shape index (κ2) is 6.53. The number of rotatable bonds is 5. The van der Waals surface area contributed by atoms with Gasteiger partial charge in [0.2, 0.25) is 5.95 Å². The van der Waals surface area contributed by atoms with Crippen molar-refractivity contribution in [1.29, 1.82) is 0 Å². The quantitative estimate of drug-likeness (QED) is 0.756. The number of hydrogen-bond donors (Lipinski definition) is 2. The summed E-state index contributed by atoms with van der Waals surface area (Å²) in [6.45, 7) is 0.489. The molecular weight excluding hydrogens is 280 g/mol. The lowest BCUT2D eigenvalue weighted by molar-refractivity contribution is 0.102. The highest BCUT2D eigenvalue weighted by Crippen LogP contribution is 2.09. The van der Waals surface area contributed by atoms with Gasteiger partial charge in [0, 0.05) is 18.1 Å². The molecule has 3 aromatic rings. The molecule has 0 saturated carbocycles. The van der Waals surface area contributed by atoms with E-state index in [4.69, 9.17) is 4.42 Å². The van der Waals surface area contributed by atoms with Gasteiger partial charge in [0.25, 0.3) is 5.91 Å². The van der Waals surface area contributed by atoms with Crippen molar-refractivity contribution >= 4 is 17.5 Å². The first-order valence-electron chi connectivity index (χ1n) is 6.76. The summed E-state index contributed by atoms with van der Waals surface area (Å²) in [7, 11) is 0. The molecule has 0 unspecified atom stereocenters. The Morgan fingerprint density at radius 1 is 1.05 bits per heavy atom. The zero-order chi connectivity index (χ0) is 15.2. The van der Waals surface area contributed by atoms with Crippen LogP contribution in [0.1, 0.15) is 16.1 Å². The second-order valence-electron chi connectivity index (χ2n) is 4.55. The Bertz CT molecular complexity index is 725. The van der Waals surface area contributed by atoms with E-state index in [2.05, 4.69) is 20.6 Å². The predicted octanol–water partition coefficient (Wildman–Crippen LogP) is 2.93. The van der Waals surface area contributed by atoms with Gasteiger partial charge in [-0.15, -0.1) is 0 Å². The normalized spacial score (nSPS) is 10.2. The molecule has 3 rings (SSSR count). The SMILES string of the molecule is O=C(Nc1ccccc1)c1cnc(NCc2ccco2)nc1. The number of hydrogen-bond acceptors (Lipinski definition) is 5. The maximum absolute atomic E-state index is 12.0. The van der Waals surface area contributed by atoms with E-state index >= 15 is 0 Å². The van der Waals surface area contributed by atoms with Gasteiger partial charge in [-0.3, -0.25) is 4.79 Å². The lowest BCUT2D eigenvalue weighted by atomic mass is 10.3. The molecule has 6 nitrogen and oxygen atoms in total. The summed E-state index contributed by atoms with van der Waals surface area (Å²) in [5.41, 5.74) is 1.12. The minimum absolute atomic E-state index is 0.246. The highest BCUT2D eigenvalue weighted by molar-refractivity contribution is 6.03. The Morgan fingerprint density at radius 2 is 1.82 bits per heavy atom. The van der Waals surface area contributed by atoms with Crippen molar-refractivity contribution in [3.05, 3.63) is 72.4 Å². The molecule has 2 aromatic heterocycles. The topological polar surface area (TPSA) is 80.0 Å². The summed E-state index contributed by atoms with van der Waals surface area (Å²) in [4.78, 5) is 20.3. The van der Waals surface area contributed by atoms with E-state index in [1.54, 1.807) is 6.26 Å². The van der Waals surface area contributed by atoms with Crippen LogP contribution in [0.2, 0.25) is 0 Å². The fourth-order valence-electron chi connectivity index (χ4n) is 1.84. The average molecular weight is 294 g/mol. The third-order valence-corrected chi connectivity index (χ3v) is 2.95. The fraction of sp³-hybridized carbons (Fsp3) is 0.0625. The van der Waals surface area contributed by atoms with E-state index in [0.29, 0.717) is 18.1 Å². The summed E-state index contributed by atoms with van der Waals surface area (Å²) in [5.74, 6) is 0.978.